The molecule has 2 rings (SSSR count). The number of carbonyl (C=O) groups is 1. The summed E-state index contributed by atoms with van der Waals surface area (Å²) in [5.74, 6) is -0.223. The summed E-state index contributed by atoms with van der Waals surface area (Å²) in [5, 5.41) is 3.37. The van der Waals surface area contributed by atoms with Gasteiger partial charge in [0.15, 0.2) is 0 Å². The minimum Gasteiger partial charge on any atom is -0.376 e. The number of carbonyl (C=O) groups excluding carboxylic acids is 1. The fourth-order valence-corrected chi connectivity index (χ4v) is 2.24. The van der Waals surface area contributed by atoms with E-state index >= 15 is 0 Å². The molecule has 0 fully saturated rings. The Morgan fingerprint density at radius 1 is 1.30 bits per heavy atom. The maximum Gasteiger partial charge on any atom is 0.257 e. The third-order valence-electron chi connectivity index (χ3n) is 2.68. The van der Waals surface area contributed by atoms with Crippen molar-refractivity contribution < 1.29 is 4.79 Å². The van der Waals surface area contributed by atoms with Gasteiger partial charge < -0.3 is 10.2 Å². The van der Waals surface area contributed by atoms with Gasteiger partial charge in [-0.05, 0) is 46.3 Å². The van der Waals surface area contributed by atoms with Crippen molar-refractivity contribution in [1.29, 1.82) is 0 Å². The van der Waals surface area contributed by atoms with Crippen molar-refractivity contribution in [3.63, 3.8) is 0 Å². The highest BCUT2D eigenvalue weighted by atomic mass is 79.9. The molecule has 0 aliphatic heterocycles. The summed E-state index contributed by atoms with van der Waals surface area (Å²) in [6, 6.07) is 8.81. The molecule has 20 heavy (non-hydrogen) atoms. The fourth-order valence-electron chi connectivity index (χ4n) is 1.66. The predicted octanol–water partition coefficient (Wildman–Crippen LogP) is 3.82. The zero-order valence-corrected chi connectivity index (χ0v) is 13.4. The largest absolute Gasteiger partial charge is 0.376 e. The van der Waals surface area contributed by atoms with E-state index in [0.717, 1.165) is 5.69 Å². The maximum atomic E-state index is 12.0. The van der Waals surface area contributed by atoms with Crippen LogP contribution in [0.3, 0.4) is 0 Å². The van der Waals surface area contributed by atoms with Gasteiger partial charge in [-0.2, -0.15) is 0 Å². The van der Waals surface area contributed by atoms with E-state index in [-0.39, 0.29) is 5.91 Å². The molecule has 0 bridgehead atoms. The maximum absolute atomic E-state index is 12.0. The Labute approximate surface area is 130 Å². The van der Waals surface area contributed by atoms with Gasteiger partial charge >= 0.3 is 0 Å². The molecule has 4 nitrogen and oxygen atoms in total. The second-order valence-corrected chi connectivity index (χ2v) is 5.60. The van der Waals surface area contributed by atoms with Gasteiger partial charge in [0.25, 0.3) is 5.91 Å². The van der Waals surface area contributed by atoms with E-state index in [1.807, 2.05) is 31.1 Å². The summed E-state index contributed by atoms with van der Waals surface area (Å²) in [4.78, 5) is 18.0. The van der Waals surface area contributed by atoms with Crippen molar-refractivity contribution in [2.24, 2.45) is 0 Å². The molecule has 0 aliphatic rings. The zero-order chi connectivity index (χ0) is 14.7. The summed E-state index contributed by atoms with van der Waals surface area (Å²) in [7, 11) is 3.82. The fraction of sp³-hybridized carbons (Fsp3) is 0.143. The molecule has 0 aliphatic carbocycles. The number of anilines is 2. The van der Waals surface area contributed by atoms with E-state index in [9.17, 15) is 4.79 Å². The summed E-state index contributed by atoms with van der Waals surface area (Å²) in [6.07, 6.45) is 1.51. The van der Waals surface area contributed by atoms with Crippen LogP contribution in [0.15, 0.2) is 41.1 Å². The van der Waals surface area contributed by atoms with Gasteiger partial charge in [-0.25, -0.2) is 4.98 Å². The average Bonchev–Trinajstić information content (AvgIpc) is 2.39. The summed E-state index contributed by atoms with van der Waals surface area (Å²) >= 11 is 9.39. The molecule has 6 heteroatoms. The lowest BCUT2D eigenvalue weighted by atomic mass is 10.2. The molecular weight excluding hydrogens is 342 g/mol. The minimum absolute atomic E-state index is 0.223. The van der Waals surface area contributed by atoms with Gasteiger partial charge in [0.05, 0.1) is 16.3 Å². The molecule has 1 aromatic heterocycles. The molecule has 0 saturated heterocycles. The molecule has 1 aromatic carbocycles. The first-order chi connectivity index (χ1) is 9.47. The Kier molecular flexibility index (Phi) is 4.62. The lowest BCUT2D eigenvalue weighted by Gasteiger charge is -2.15. The molecule has 2 aromatic rings. The Morgan fingerprint density at radius 3 is 2.60 bits per heavy atom. The van der Waals surface area contributed by atoms with Crippen LogP contribution < -0.4 is 10.2 Å². The highest BCUT2D eigenvalue weighted by Crippen LogP contribution is 2.27. The van der Waals surface area contributed by atoms with Gasteiger partial charge in [-0.15, -0.1) is 0 Å². The molecule has 0 saturated carbocycles. The number of nitrogens with zero attached hydrogens (tertiary/aromatic N) is 2. The Bertz CT molecular complexity index is 629. The number of hydrogen-bond donors (Lipinski definition) is 1. The molecule has 1 heterocycles. The number of aromatic nitrogens is 1. The van der Waals surface area contributed by atoms with E-state index in [4.69, 9.17) is 11.6 Å². The van der Waals surface area contributed by atoms with E-state index in [0.29, 0.717) is 20.9 Å². The quantitative estimate of drug-likeness (QED) is 0.852. The molecule has 1 amide bonds. The minimum atomic E-state index is -0.223. The third kappa shape index (κ3) is 3.49. The van der Waals surface area contributed by atoms with Crippen LogP contribution in [0.1, 0.15) is 10.4 Å². The number of nitrogens with one attached hydrogen (secondary N) is 1. The monoisotopic (exact) mass is 353 g/mol. The van der Waals surface area contributed by atoms with Crippen LogP contribution in [0, 0.1) is 0 Å². The molecule has 0 radical (unpaired) electrons. The van der Waals surface area contributed by atoms with E-state index in [1.54, 1.807) is 18.2 Å². The van der Waals surface area contributed by atoms with Crippen LogP contribution >= 0.6 is 27.5 Å². The predicted molar refractivity (Wildman–Crippen MR) is 85.7 cm³/mol. The zero-order valence-electron chi connectivity index (χ0n) is 11.0. The van der Waals surface area contributed by atoms with Crippen LogP contribution in [0.5, 0.6) is 0 Å². The third-order valence-corrected chi connectivity index (χ3v) is 3.45. The number of halogens is 2. The van der Waals surface area contributed by atoms with E-state index in [2.05, 4.69) is 26.2 Å². The smallest absolute Gasteiger partial charge is 0.257 e. The standard InChI is InChI=1S/C14H13BrClN3O/c1-19(2)12-5-4-10(7-11(12)16)18-14(20)9-3-6-13(15)17-8-9/h3-8H,1-2H3,(H,18,20). The van der Waals surface area contributed by atoms with Crippen LogP contribution in [-0.2, 0) is 0 Å². The van der Waals surface area contributed by atoms with Crippen molar-refractivity contribution >= 4 is 44.8 Å². The highest BCUT2D eigenvalue weighted by Gasteiger charge is 2.09. The molecule has 0 spiro atoms. The van der Waals surface area contributed by atoms with Gasteiger partial charge in [0, 0.05) is 26.0 Å². The highest BCUT2D eigenvalue weighted by molar-refractivity contribution is 9.10. The first-order valence-corrected chi connectivity index (χ1v) is 7.04. The topological polar surface area (TPSA) is 45.2 Å². The average molecular weight is 355 g/mol. The number of amides is 1. The molecule has 0 atom stereocenters. The van der Waals surface area contributed by atoms with Crippen LogP contribution in [0.25, 0.3) is 0 Å². The van der Waals surface area contributed by atoms with Crippen molar-refractivity contribution in [3.8, 4) is 0 Å². The van der Waals surface area contributed by atoms with E-state index in [1.165, 1.54) is 6.20 Å². The second-order valence-electron chi connectivity index (χ2n) is 4.38. The number of rotatable bonds is 3. The summed E-state index contributed by atoms with van der Waals surface area (Å²) in [6.45, 7) is 0. The normalized spacial score (nSPS) is 10.2. The van der Waals surface area contributed by atoms with E-state index < -0.39 is 0 Å². The first kappa shape index (κ1) is 14.8. The second kappa shape index (κ2) is 6.24. The van der Waals surface area contributed by atoms with Crippen LogP contribution in [0.4, 0.5) is 11.4 Å². The van der Waals surface area contributed by atoms with Gasteiger partial charge in [0.1, 0.15) is 4.60 Å². The first-order valence-electron chi connectivity index (χ1n) is 5.87. The Morgan fingerprint density at radius 2 is 2.05 bits per heavy atom. The van der Waals surface area contributed by atoms with Gasteiger partial charge in [-0.3, -0.25) is 4.79 Å². The van der Waals surface area contributed by atoms with Crippen molar-refractivity contribution in [2.75, 3.05) is 24.3 Å². The molecule has 104 valence electrons. The van der Waals surface area contributed by atoms with Gasteiger partial charge in [-0.1, -0.05) is 11.6 Å². The number of hydrogen-bond acceptors (Lipinski definition) is 3. The van der Waals surface area contributed by atoms with Crippen LogP contribution in [-0.4, -0.2) is 25.0 Å². The lowest BCUT2D eigenvalue weighted by molar-refractivity contribution is 0.102. The number of benzene rings is 1. The van der Waals surface area contributed by atoms with Crippen molar-refractivity contribution in [1.82, 2.24) is 4.98 Å². The van der Waals surface area contributed by atoms with Gasteiger partial charge in [0.2, 0.25) is 0 Å². The molecule has 1 N–H and O–H groups in total. The summed E-state index contributed by atoms with van der Waals surface area (Å²) in [5.41, 5.74) is 2.03. The molecule has 0 unspecified atom stereocenters. The Balaban J connectivity index is 2.16. The van der Waals surface area contributed by atoms with Crippen molar-refractivity contribution in [3.05, 3.63) is 51.7 Å². The lowest BCUT2D eigenvalue weighted by Crippen LogP contribution is -2.13. The SMILES string of the molecule is CN(C)c1ccc(NC(=O)c2ccc(Br)nc2)cc1Cl. The Hall–Kier alpha value is -1.59. The van der Waals surface area contributed by atoms with Crippen LogP contribution in [0.2, 0.25) is 5.02 Å². The summed E-state index contributed by atoms with van der Waals surface area (Å²) < 4.78 is 0.687. The molecular formula is C14H13BrClN3O. The van der Waals surface area contributed by atoms with Crippen molar-refractivity contribution in [2.45, 2.75) is 0 Å². The number of pyridine rings is 1.